The van der Waals surface area contributed by atoms with Crippen molar-refractivity contribution in [1.82, 2.24) is 4.98 Å². The number of hydrogen-bond donors (Lipinski definition) is 2. The molecular formula is C20H18N2O3. The van der Waals surface area contributed by atoms with E-state index in [1.54, 1.807) is 60.9 Å². The highest BCUT2D eigenvalue weighted by Gasteiger charge is 2.16. The van der Waals surface area contributed by atoms with E-state index in [0.29, 0.717) is 23.6 Å². The van der Waals surface area contributed by atoms with Crippen LogP contribution in [0, 0.1) is 0 Å². The Morgan fingerprint density at radius 1 is 1.00 bits per heavy atom. The second-order valence-electron chi connectivity index (χ2n) is 5.47. The minimum absolute atomic E-state index is 0.445. The van der Waals surface area contributed by atoms with Gasteiger partial charge in [0.25, 0.3) is 5.91 Å². The van der Waals surface area contributed by atoms with Gasteiger partial charge in [-0.2, -0.15) is 0 Å². The summed E-state index contributed by atoms with van der Waals surface area (Å²) >= 11 is 0. The van der Waals surface area contributed by atoms with Crippen molar-refractivity contribution in [2.24, 2.45) is 0 Å². The zero-order chi connectivity index (χ0) is 17.5. The number of aliphatic hydroxyl groups is 1. The van der Waals surface area contributed by atoms with Gasteiger partial charge in [-0.3, -0.25) is 9.78 Å². The Bertz CT molecular complexity index is 805. The summed E-state index contributed by atoms with van der Waals surface area (Å²) in [7, 11) is 0. The van der Waals surface area contributed by atoms with Gasteiger partial charge in [0.05, 0.1) is 0 Å². The fourth-order valence-corrected chi connectivity index (χ4v) is 2.28. The third-order valence-electron chi connectivity index (χ3n) is 3.64. The van der Waals surface area contributed by atoms with Crippen molar-refractivity contribution in [3.05, 3.63) is 90.3 Å². The number of carbonyl (C=O) groups excluding carboxylic acids is 1. The van der Waals surface area contributed by atoms with Gasteiger partial charge in [-0.15, -0.1) is 0 Å². The second kappa shape index (κ2) is 8.08. The highest BCUT2D eigenvalue weighted by Crippen LogP contribution is 2.19. The van der Waals surface area contributed by atoms with Crippen molar-refractivity contribution in [2.45, 2.75) is 12.7 Å². The number of benzene rings is 2. The van der Waals surface area contributed by atoms with Gasteiger partial charge in [0.2, 0.25) is 0 Å². The molecule has 0 saturated heterocycles. The first-order valence-electron chi connectivity index (χ1n) is 7.88. The maximum atomic E-state index is 12.1. The number of anilines is 1. The van der Waals surface area contributed by atoms with E-state index in [9.17, 15) is 9.90 Å². The minimum Gasteiger partial charge on any atom is -0.489 e. The van der Waals surface area contributed by atoms with Crippen LogP contribution in [0.25, 0.3) is 0 Å². The monoisotopic (exact) mass is 334 g/mol. The van der Waals surface area contributed by atoms with Gasteiger partial charge >= 0.3 is 0 Å². The number of rotatable bonds is 6. The zero-order valence-corrected chi connectivity index (χ0v) is 13.5. The molecule has 0 aliphatic rings. The largest absolute Gasteiger partial charge is 0.489 e. The summed E-state index contributed by atoms with van der Waals surface area (Å²) in [5.41, 5.74) is 2.17. The Balaban J connectivity index is 1.56. The lowest BCUT2D eigenvalue weighted by atomic mass is 10.1. The topological polar surface area (TPSA) is 71.5 Å². The molecule has 1 heterocycles. The van der Waals surface area contributed by atoms with Crippen LogP contribution in [-0.4, -0.2) is 16.0 Å². The molecule has 126 valence electrons. The third-order valence-corrected chi connectivity index (χ3v) is 3.64. The van der Waals surface area contributed by atoms with E-state index in [0.717, 1.165) is 5.56 Å². The number of ether oxygens (including phenoxy) is 1. The van der Waals surface area contributed by atoms with Crippen LogP contribution >= 0.6 is 0 Å². The van der Waals surface area contributed by atoms with E-state index in [4.69, 9.17) is 4.74 Å². The SMILES string of the molecule is O=C(Nc1ccc(OCc2ccncc2)cc1)C(O)c1ccccc1. The van der Waals surface area contributed by atoms with Crippen molar-refractivity contribution in [3.63, 3.8) is 0 Å². The molecule has 5 heteroatoms. The lowest BCUT2D eigenvalue weighted by Crippen LogP contribution is -2.20. The first kappa shape index (κ1) is 16.7. The fraction of sp³-hybridized carbons (Fsp3) is 0.100. The lowest BCUT2D eigenvalue weighted by molar-refractivity contribution is -0.124. The van der Waals surface area contributed by atoms with E-state index in [-0.39, 0.29) is 0 Å². The number of amides is 1. The maximum Gasteiger partial charge on any atom is 0.257 e. The first-order chi connectivity index (χ1) is 12.2. The van der Waals surface area contributed by atoms with Gasteiger partial charge in [-0.05, 0) is 47.5 Å². The molecule has 2 aromatic carbocycles. The van der Waals surface area contributed by atoms with Crippen LogP contribution in [0.2, 0.25) is 0 Å². The zero-order valence-electron chi connectivity index (χ0n) is 13.5. The van der Waals surface area contributed by atoms with Crippen LogP contribution in [0.5, 0.6) is 5.75 Å². The minimum atomic E-state index is -1.20. The standard InChI is InChI=1S/C20H18N2O3/c23-19(16-4-2-1-3-5-16)20(24)22-17-6-8-18(9-7-17)25-14-15-10-12-21-13-11-15/h1-13,19,23H,14H2,(H,22,24). The Kier molecular flexibility index (Phi) is 5.39. The summed E-state index contributed by atoms with van der Waals surface area (Å²) in [6, 6.07) is 19.6. The van der Waals surface area contributed by atoms with Crippen molar-refractivity contribution >= 4 is 11.6 Å². The molecule has 25 heavy (non-hydrogen) atoms. The smallest absolute Gasteiger partial charge is 0.257 e. The highest BCUT2D eigenvalue weighted by atomic mass is 16.5. The third kappa shape index (κ3) is 4.65. The quantitative estimate of drug-likeness (QED) is 0.725. The summed E-state index contributed by atoms with van der Waals surface area (Å²) in [5, 5.41) is 12.8. The number of aliphatic hydroxyl groups excluding tert-OH is 1. The number of aromatic nitrogens is 1. The molecule has 1 amide bonds. The molecule has 5 nitrogen and oxygen atoms in total. The molecule has 0 bridgehead atoms. The van der Waals surface area contributed by atoms with Crippen LogP contribution in [0.1, 0.15) is 17.2 Å². The van der Waals surface area contributed by atoms with E-state index < -0.39 is 12.0 Å². The molecule has 1 unspecified atom stereocenters. The lowest BCUT2D eigenvalue weighted by Gasteiger charge is -2.12. The summed E-state index contributed by atoms with van der Waals surface area (Å²) in [6.45, 7) is 0.445. The molecule has 2 N–H and O–H groups in total. The van der Waals surface area contributed by atoms with E-state index in [1.807, 2.05) is 18.2 Å². The molecule has 0 fully saturated rings. The summed E-state index contributed by atoms with van der Waals surface area (Å²) in [5.74, 6) is 0.218. The van der Waals surface area contributed by atoms with Crippen molar-refractivity contribution < 1.29 is 14.6 Å². The Hall–Kier alpha value is -3.18. The van der Waals surface area contributed by atoms with E-state index >= 15 is 0 Å². The normalized spacial score (nSPS) is 11.6. The molecule has 3 rings (SSSR count). The molecule has 0 radical (unpaired) electrons. The molecular weight excluding hydrogens is 316 g/mol. The highest BCUT2D eigenvalue weighted by molar-refractivity contribution is 5.94. The number of pyridine rings is 1. The molecule has 1 aromatic heterocycles. The number of hydrogen-bond acceptors (Lipinski definition) is 4. The fourth-order valence-electron chi connectivity index (χ4n) is 2.28. The van der Waals surface area contributed by atoms with Crippen LogP contribution in [0.4, 0.5) is 5.69 Å². The van der Waals surface area contributed by atoms with Crippen molar-refractivity contribution in [2.75, 3.05) is 5.32 Å². The van der Waals surface area contributed by atoms with Crippen molar-refractivity contribution in [1.29, 1.82) is 0 Å². The van der Waals surface area contributed by atoms with Crippen LogP contribution in [-0.2, 0) is 11.4 Å². The van der Waals surface area contributed by atoms with Crippen LogP contribution < -0.4 is 10.1 Å². The van der Waals surface area contributed by atoms with E-state index in [2.05, 4.69) is 10.3 Å². The Labute approximate surface area is 145 Å². The van der Waals surface area contributed by atoms with Gasteiger partial charge in [-0.1, -0.05) is 30.3 Å². The maximum absolute atomic E-state index is 12.1. The van der Waals surface area contributed by atoms with Crippen molar-refractivity contribution in [3.8, 4) is 5.75 Å². The molecule has 3 aromatic rings. The van der Waals surface area contributed by atoms with E-state index in [1.165, 1.54) is 0 Å². The Morgan fingerprint density at radius 3 is 2.36 bits per heavy atom. The van der Waals surface area contributed by atoms with Gasteiger partial charge in [0.15, 0.2) is 6.10 Å². The molecule has 1 atom stereocenters. The summed E-state index contributed by atoms with van der Waals surface area (Å²) in [6.07, 6.45) is 2.23. The van der Waals surface area contributed by atoms with Gasteiger partial charge in [-0.25, -0.2) is 0 Å². The molecule has 0 saturated carbocycles. The van der Waals surface area contributed by atoms with Gasteiger partial charge < -0.3 is 15.2 Å². The molecule has 0 aliphatic carbocycles. The summed E-state index contributed by atoms with van der Waals surface area (Å²) in [4.78, 5) is 16.1. The number of nitrogens with one attached hydrogen (secondary N) is 1. The average molecular weight is 334 g/mol. The van der Waals surface area contributed by atoms with Crippen LogP contribution in [0.15, 0.2) is 79.1 Å². The average Bonchev–Trinajstić information content (AvgIpc) is 2.68. The van der Waals surface area contributed by atoms with Gasteiger partial charge in [0.1, 0.15) is 12.4 Å². The number of nitrogens with zero attached hydrogens (tertiary/aromatic N) is 1. The Morgan fingerprint density at radius 2 is 1.68 bits per heavy atom. The number of carbonyl (C=O) groups is 1. The van der Waals surface area contributed by atoms with Gasteiger partial charge in [0, 0.05) is 18.1 Å². The second-order valence-corrected chi connectivity index (χ2v) is 5.47. The predicted octanol–water partition coefficient (Wildman–Crippen LogP) is 3.33. The van der Waals surface area contributed by atoms with Crippen LogP contribution in [0.3, 0.4) is 0 Å². The molecule has 0 aliphatic heterocycles. The summed E-state index contributed by atoms with van der Waals surface area (Å²) < 4.78 is 5.68. The first-order valence-corrected chi connectivity index (χ1v) is 7.88. The molecule has 0 spiro atoms. The predicted molar refractivity (Wildman–Crippen MR) is 95.0 cm³/mol.